The molecule has 0 aliphatic carbocycles. The van der Waals surface area contributed by atoms with E-state index in [1.54, 1.807) is 0 Å². The largest absolute Gasteiger partial charge is 0.393 e. The van der Waals surface area contributed by atoms with Crippen LogP contribution in [-0.4, -0.2) is 35.2 Å². The van der Waals surface area contributed by atoms with Crippen molar-refractivity contribution < 1.29 is 5.11 Å². The van der Waals surface area contributed by atoms with Gasteiger partial charge in [-0.25, -0.2) is 0 Å². The summed E-state index contributed by atoms with van der Waals surface area (Å²) in [5.74, 6) is 0.275. The molecule has 0 aromatic heterocycles. The van der Waals surface area contributed by atoms with Crippen LogP contribution in [0.3, 0.4) is 0 Å². The monoisotopic (exact) mass is 282 g/mol. The second-order valence-electron chi connectivity index (χ2n) is 5.65. The standard InChI is InChI=1S/C15H23ClN2O/c1-10-9-18(8-7-14(10)19)15(11(2)17)12-5-3-4-6-13(12)16/h3-6,10-11,14-15,19H,7-9,17H2,1-2H3. The van der Waals surface area contributed by atoms with Gasteiger partial charge >= 0.3 is 0 Å². The predicted octanol–water partition coefficient (Wildman–Crippen LogP) is 2.43. The van der Waals surface area contributed by atoms with Crippen molar-refractivity contribution in [2.24, 2.45) is 11.7 Å². The molecule has 0 bridgehead atoms. The molecule has 106 valence electrons. The molecule has 2 rings (SSSR count). The second-order valence-corrected chi connectivity index (χ2v) is 6.06. The first-order chi connectivity index (χ1) is 9.00. The number of hydrogen-bond acceptors (Lipinski definition) is 3. The lowest BCUT2D eigenvalue weighted by atomic mass is 9.91. The van der Waals surface area contributed by atoms with E-state index < -0.39 is 0 Å². The lowest BCUT2D eigenvalue weighted by Gasteiger charge is -2.41. The van der Waals surface area contributed by atoms with Gasteiger partial charge in [0, 0.05) is 24.2 Å². The van der Waals surface area contributed by atoms with Crippen molar-refractivity contribution >= 4 is 11.6 Å². The Morgan fingerprint density at radius 3 is 2.68 bits per heavy atom. The van der Waals surface area contributed by atoms with E-state index in [9.17, 15) is 5.11 Å². The van der Waals surface area contributed by atoms with Crippen LogP contribution in [0.15, 0.2) is 24.3 Å². The topological polar surface area (TPSA) is 49.5 Å². The first-order valence-electron chi connectivity index (χ1n) is 6.93. The summed E-state index contributed by atoms with van der Waals surface area (Å²) in [6.07, 6.45) is 0.602. The Balaban J connectivity index is 2.24. The quantitative estimate of drug-likeness (QED) is 0.895. The van der Waals surface area contributed by atoms with Gasteiger partial charge in [0.2, 0.25) is 0 Å². The maximum atomic E-state index is 9.86. The van der Waals surface area contributed by atoms with Gasteiger partial charge in [0.25, 0.3) is 0 Å². The smallest absolute Gasteiger partial charge is 0.0590 e. The minimum Gasteiger partial charge on any atom is -0.393 e. The molecule has 3 N–H and O–H groups in total. The van der Waals surface area contributed by atoms with E-state index >= 15 is 0 Å². The summed E-state index contributed by atoms with van der Waals surface area (Å²) in [6.45, 7) is 5.83. The summed E-state index contributed by atoms with van der Waals surface area (Å²) >= 11 is 6.32. The van der Waals surface area contributed by atoms with Gasteiger partial charge in [0.1, 0.15) is 0 Å². The maximum Gasteiger partial charge on any atom is 0.0590 e. The molecular weight excluding hydrogens is 260 g/mol. The van der Waals surface area contributed by atoms with Crippen molar-refractivity contribution in [2.45, 2.75) is 38.5 Å². The van der Waals surface area contributed by atoms with Gasteiger partial charge in [0.05, 0.1) is 12.1 Å². The number of rotatable bonds is 3. The fraction of sp³-hybridized carbons (Fsp3) is 0.600. The number of halogens is 1. The van der Waals surface area contributed by atoms with Gasteiger partial charge in [-0.3, -0.25) is 4.90 Å². The molecule has 19 heavy (non-hydrogen) atoms. The molecule has 1 aromatic carbocycles. The van der Waals surface area contributed by atoms with E-state index in [0.29, 0.717) is 0 Å². The van der Waals surface area contributed by atoms with Gasteiger partial charge in [-0.1, -0.05) is 36.7 Å². The summed E-state index contributed by atoms with van der Waals surface area (Å²) in [7, 11) is 0. The van der Waals surface area contributed by atoms with Crippen LogP contribution in [-0.2, 0) is 0 Å². The third-order valence-corrected chi connectivity index (χ3v) is 4.35. The Morgan fingerprint density at radius 2 is 2.11 bits per heavy atom. The zero-order valence-corrected chi connectivity index (χ0v) is 12.3. The fourth-order valence-corrected chi connectivity index (χ4v) is 3.19. The molecule has 4 unspecified atom stereocenters. The van der Waals surface area contributed by atoms with E-state index in [1.807, 2.05) is 31.2 Å². The van der Waals surface area contributed by atoms with Crippen molar-refractivity contribution in [3.8, 4) is 0 Å². The van der Waals surface area contributed by atoms with Crippen molar-refractivity contribution in [2.75, 3.05) is 13.1 Å². The molecule has 3 nitrogen and oxygen atoms in total. The van der Waals surface area contributed by atoms with Crippen LogP contribution >= 0.6 is 11.6 Å². The van der Waals surface area contributed by atoms with Gasteiger partial charge in [-0.2, -0.15) is 0 Å². The first-order valence-corrected chi connectivity index (χ1v) is 7.30. The Labute approximate surface area is 120 Å². The number of piperidine rings is 1. The minimum absolute atomic E-state index is 0.00217. The van der Waals surface area contributed by atoms with E-state index in [2.05, 4.69) is 11.8 Å². The predicted molar refractivity (Wildman–Crippen MR) is 79.2 cm³/mol. The molecule has 4 heteroatoms. The van der Waals surface area contributed by atoms with E-state index in [1.165, 1.54) is 0 Å². The first kappa shape index (κ1) is 14.8. The number of nitrogens with two attached hydrogens (primary N) is 1. The van der Waals surface area contributed by atoms with Gasteiger partial charge in [0.15, 0.2) is 0 Å². The zero-order chi connectivity index (χ0) is 14.0. The Hall–Kier alpha value is -0.610. The average molecular weight is 283 g/mol. The van der Waals surface area contributed by atoms with Gasteiger partial charge in [-0.15, -0.1) is 0 Å². The molecule has 1 saturated heterocycles. The van der Waals surface area contributed by atoms with E-state index in [-0.39, 0.29) is 24.1 Å². The van der Waals surface area contributed by atoms with Gasteiger partial charge in [-0.05, 0) is 30.9 Å². The van der Waals surface area contributed by atoms with E-state index in [0.717, 1.165) is 30.1 Å². The maximum absolute atomic E-state index is 9.86. The van der Waals surface area contributed by atoms with Crippen LogP contribution in [0.4, 0.5) is 0 Å². The summed E-state index contributed by atoms with van der Waals surface area (Å²) in [5, 5.41) is 10.6. The molecule has 1 fully saturated rings. The highest BCUT2D eigenvalue weighted by Crippen LogP contribution is 2.32. The van der Waals surface area contributed by atoms with Crippen molar-refractivity contribution in [3.05, 3.63) is 34.9 Å². The highest BCUT2D eigenvalue weighted by Gasteiger charge is 2.32. The van der Waals surface area contributed by atoms with Gasteiger partial charge < -0.3 is 10.8 Å². The molecule has 0 radical (unpaired) electrons. The third-order valence-electron chi connectivity index (χ3n) is 4.01. The molecule has 1 heterocycles. The number of benzene rings is 1. The number of likely N-dealkylation sites (tertiary alicyclic amines) is 1. The van der Waals surface area contributed by atoms with Crippen LogP contribution in [0.25, 0.3) is 0 Å². The second kappa shape index (κ2) is 6.23. The molecule has 1 aliphatic heterocycles. The van der Waals surface area contributed by atoms with Crippen LogP contribution in [0.1, 0.15) is 31.9 Å². The number of nitrogens with zero attached hydrogens (tertiary/aromatic N) is 1. The third kappa shape index (κ3) is 3.29. The van der Waals surface area contributed by atoms with Crippen LogP contribution in [0.2, 0.25) is 5.02 Å². The molecule has 0 amide bonds. The SMILES string of the molecule is CC(N)C(c1ccccc1Cl)N1CCC(O)C(C)C1. The number of aliphatic hydroxyl groups excluding tert-OH is 1. The highest BCUT2D eigenvalue weighted by molar-refractivity contribution is 6.31. The normalized spacial score (nSPS) is 28.1. The van der Waals surface area contributed by atoms with E-state index in [4.69, 9.17) is 17.3 Å². The fourth-order valence-electron chi connectivity index (χ4n) is 2.95. The number of aliphatic hydroxyl groups is 1. The van der Waals surface area contributed by atoms with Crippen LogP contribution in [0.5, 0.6) is 0 Å². The Morgan fingerprint density at radius 1 is 1.42 bits per heavy atom. The Kier molecular flexibility index (Phi) is 4.85. The minimum atomic E-state index is -0.198. The highest BCUT2D eigenvalue weighted by atomic mass is 35.5. The van der Waals surface area contributed by atoms with Crippen molar-refractivity contribution in [1.82, 2.24) is 4.90 Å². The van der Waals surface area contributed by atoms with Crippen molar-refractivity contribution in [3.63, 3.8) is 0 Å². The molecular formula is C15H23ClN2O. The average Bonchev–Trinajstić information content (AvgIpc) is 2.36. The molecule has 1 aliphatic rings. The summed E-state index contributed by atoms with van der Waals surface area (Å²) < 4.78 is 0. The summed E-state index contributed by atoms with van der Waals surface area (Å²) in [6, 6.07) is 8.01. The van der Waals surface area contributed by atoms with Crippen LogP contribution in [0, 0.1) is 5.92 Å². The lowest BCUT2D eigenvalue weighted by Crippen LogP contribution is -2.48. The summed E-state index contributed by atoms with van der Waals surface area (Å²) in [5.41, 5.74) is 7.27. The Bertz CT molecular complexity index is 424. The summed E-state index contributed by atoms with van der Waals surface area (Å²) in [4.78, 5) is 2.35. The molecule has 0 spiro atoms. The molecule has 1 aromatic rings. The van der Waals surface area contributed by atoms with Crippen LogP contribution < -0.4 is 5.73 Å². The molecule has 4 atom stereocenters. The zero-order valence-electron chi connectivity index (χ0n) is 11.6. The lowest BCUT2D eigenvalue weighted by molar-refractivity contribution is 0.0126. The van der Waals surface area contributed by atoms with Crippen molar-refractivity contribution in [1.29, 1.82) is 0 Å². The molecule has 0 saturated carbocycles. The number of hydrogen-bond donors (Lipinski definition) is 2.